The van der Waals surface area contributed by atoms with E-state index in [2.05, 4.69) is 10.3 Å². The molecule has 2 aliphatic rings. The standard InChI is InChI=1S/C31H24Cl3N3O4/c1-37-26-11-16(7-9-19(26)29(35-37)31(38)39)20-13-21(20)18-10-8-17(12-25(18)34)40-14-22-28(36-41-30(22)15-5-6-15)27-23(32)3-2-4-24(27)33/h2-4,7-12,15,20-21H,5-6,13-14H2,1H3,(H,38,39)/t20-,21+/m0/s1. The van der Waals surface area contributed by atoms with Crippen LogP contribution in [0, 0.1) is 0 Å². The summed E-state index contributed by atoms with van der Waals surface area (Å²) in [6, 6.07) is 17.0. The molecule has 2 saturated carbocycles. The number of hydrogen-bond acceptors (Lipinski definition) is 5. The minimum Gasteiger partial charge on any atom is -0.489 e. The number of halogens is 3. The fourth-order valence-corrected chi connectivity index (χ4v) is 6.56. The number of ether oxygens (including phenoxy) is 1. The average Bonchev–Trinajstić information content (AvgIpc) is 3.87. The van der Waals surface area contributed by atoms with Gasteiger partial charge in [-0.05, 0) is 72.6 Å². The van der Waals surface area contributed by atoms with Crippen LogP contribution in [0.15, 0.2) is 59.1 Å². The Balaban J connectivity index is 1.10. The van der Waals surface area contributed by atoms with Crippen LogP contribution in [0.2, 0.25) is 15.1 Å². The maximum absolute atomic E-state index is 11.5. The smallest absolute Gasteiger partial charge is 0.357 e. The van der Waals surface area contributed by atoms with E-state index in [-0.39, 0.29) is 18.2 Å². The van der Waals surface area contributed by atoms with Crippen LogP contribution in [0.25, 0.3) is 22.2 Å². The minimum atomic E-state index is -1.03. The number of aryl methyl sites for hydroxylation is 1. The SMILES string of the molecule is Cn1nc(C(=O)O)c2ccc([C@@H]3C[C@@H]3c3ccc(OCc4c(-c5c(Cl)cccc5Cl)noc4C4CC4)cc3Cl)cc21. The first-order chi connectivity index (χ1) is 19.8. The fourth-order valence-electron chi connectivity index (χ4n) is 5.67. The number of carboxylic acid groups (broad SMARTS) is 1. The van der Waals surface area contributed by atoms with Crippen molar-refractivity contribution < 1.29 is 19.2 Å². The topological polar surface area (TPSA) is 90.4 Å². The quantitative estimate of drug-likeness (QED) is 0.190. The van der Waals surface area contributed by atoms with Gasteiger partial charge in [-0.3, -0.25) is 4.68 Å². The van der Waals surface area contributed by atoms with E-state index in [1.807, 2.05) is 36.4 Å². The lowest BCUT2D eigenvalue weighted by Gasteiger charge is -2.11. The van der Waals surface area contributed by atoms with E-state index in [4.69, 9.17) is 44.1 Å². The molecule has 5 aromatic rings. The lowest BCUT2D eigenvalue weighted by molar-refractivity contribution is 0.0691. The van der Waals surface area contributed by atoms with Crippen LogP contribution in [0.3, 0.4) is 0 Å². The Morgan fingerprint density at radius 3 is 2.54 bits per heavy atom. The van der Waals surface area contributed by atoms with Crippen molar-refractivity contribution >= 4 is 51.7 Å². The van der Waals surface area contributed by atoms with E-state index in [1.54, 1.807) is 29.9 Å². The molecule has 0 unspecified atom stereocenters. The van der Waals surface area contributed by atoms with Crippen LogP contribution >= 0.6 is 34.8 Å². The van der Waals surface area contributed by atoms with Gasteiger partial charge in [-0.1, -0.05) is 64.2 Å². The number of carboxylic acids is 1. The highest BCUT2D eigenvalue weighted by molar-refractivity contribution is 6.39. The number of benzene rings is 3. The van der Waals surface area contributed by atoms with E-state index in [9.17, 15) is 9.90 Å². The van der Waals surface area contributed by atoms with Crippen LogP contribution in [0.4, 0.5) is 0 Å². The molecule has 2 fully saturated rings. The fraction of sp³-hybridized carbons (Fsp3) is 0.258. The van der Waals surface area contributed by atoms with Gasteiger partial charge >= 0.3 is 5.97 Å². The summed E-state index contributed by atoms with van der Waals surface area (Å²) in [5.41, 5.74) is 5.17. The Kier molecular flexibility index (Phi) is 6.49. The summed E-state index contributed by atoms with van der Waals surface area (Å²) in [4.78, 5) is 11.5. The second-order valence-corrected chi connectivity index (χ2v) is 11.9. The summed E-state index contributed by atoms with van der Waals surface area (Å²) < 4.78 is 13.6. The normalized spacial score (nSPS) is 18.1. The van der Waals surface area contributed by atoms with Gasteiger partial charge in [-0.2, -0.15) is 5.10 Å². The predicted molar refractivity (Wildman–Crippen MR) is 157 cm³/mol. The summed E-state index contributed by atoms with van der Waals surface area (Å²) in [5, 5.41) is 20.2. The summed E-state index contributed by atoms with van der Waals surface area (Å²) in [5.74, 6) is 1.34. The molecule has 2 aromatic heterocycles. The van der Waals surface area contributed by atoms with Gasteiger partial charge in [0.25, 0.3) is 0 Å². The zero-order valence-electron chi connectivity index (χ0n) is 21.9. The summed E-state index contributed by atoms with van der Waals surface area (Å²) in [7, 11) is 1.76. The molecule has 7 nitrogen and oxygen atoms in total. The lowest BCUT2D eigenvalue weighted by Crippen LogP contribution is -2.00. The van der Waals surface area contributed by atoms with Crippen LogP contribution in [0.1, 0.15) is 70.0 Å². The molecular weight excluding hydrogens is 585 g/mol. The van der Waals surface area contributed by atoms with Gasteiger partial charge in [-0.15, -0.1) is 0 Å². The van der Waals surface area contributed by atoms with Crippen molar-refractivity contribution in [3.05, 3.63) is 97.8 Å². The molecule has 0 radical (unpaired) electrons. The minimum absolute atomic E-state index is 0.0672. The molecule has 0 amide bonds. The van der Waals surface area contributed by atoms with Crippen molar-refractivity contribution in [1.29, 1.82) is 0 Å². The first-order valence-corrected chi connectivity index (χ1v) is 14.5. The third-order valence-corrected chi connectivity index (χ3v) is 8.97. The maximum Gasteiger partial charge on any atom is 0.357 e. The number of nitrogens with zero attached hydrogens (tertiary/aromatic N) is 3. The first kappa shape index (κ1) is 26.4. The molecule has 2 atom stereocenters. The molecule has 0 spiro atoms. The molecule has 3 aromatic carbocycles. The van der Waals surface area contributed by atoms with Crippen molar-refractivity contribution in [3.63, 3.8) is 0 Å². The molecule has 0 aliphatic heterocycles. The van der Waals surface area contributed by atoms with Gasteiger partial charge in [0, 0.05) is 28.9 Å². The summed E-state index contributed by atoms with van der Waals surface area (Å²) >= 11 is 19.7. The van der Waals surface area contributed by atoms with E-state index < -0.39 is 5.97 Å². The maximum atomic E-state index is 11.5. The zero-order chi connectivity index (χ0) is 28.4. The van der Waals surface area contributed by atoms with Gasteiger partial charge in [0.2, 0.25) is 0 Å². The van der Waals surface area contributed by atoms with E-state index >= 15 is 0 Å². The van der Waals surface area contributed by atoms with Crippen LogP contribution < -0.4 is 4.74 Å². The Labute approximate surface area is 250 Å². The van der Waals surface area contributed by atoms with Crippen molar-refractivity contribution in [1.82, 2.24) is 14.9 Å². The third kappa shape index (κ3) is 4.76. The van der Waals surface area contributed by atoms with Gasteiger partial charge < -0.3 is 14.4 Å². The monoisotopic (exact) mass is 607 g/mol. The second kappa shape index (κ2) is 10.1. The van der Waals surface area contributed by atoms with Crippen LogP contribution in [0.5, 0.6) is 5.75 Å². The molecule has 2 aliphatic carbocycles. The number of hydrogen-bond donors (Lipinski definition) is 1. The largest absolute Gasteiger partial charge is 0.489 e. The highest BCUT2D eigenvalue weighted by Gasteiger charge is 2.41. The highest BCUT2D eigenvalue weighted by atomic mass is 35.5. The van der Waals surface area contributed by atoms with Crippen molar-refractivity contribution in [2.75, 3.05) is 0 Å². The van der Waals surface area contributed by atoms with Crippen molar-refractivity contribution in [2.45, 2.75) is 43.6 Å². The molecule has 208 valence electrons. The molecule has 1 N–H and O–H groups in total. The molecule has 10 heteroatoms. The number of rotatable bonds is 8. The Hall–Kier alpha value is -3.52. The van der Waals surface area contributed by atoms with Crippen molar-refractivity contribution in [3.8, 4) is 17.0 Å². The molecular formula is C31H24Cl3N3O4. The summed E-state index contributed by atoms with van der Waals surface area (Å²) in [6.45, 7) is 0.247. The second-order valence-electron chi connectivity index (χ2n) is 10.7. The Bertz CT molecular complexity index is 1820. The number of fused-ring (bicyclic) bond motifs is 1. The van der Waals surface area contributed by atoms with E-state index in [0.717, 1.165) is 47.2 Å². The molecule has 0 bridgehead atoms. The number of aromatic nitrogens is 3. The molecule has 7 rings (SSSR count). The molecule has 0 saturated heterocycles. The third-order valence-electron chi connectivity index (χ3n) is 8.02. The zero-order valence-corrected chi connectivity index (χ0v) is 24.2. The van der Waals surface area contributed by atoms with E-state index in [0.29, 0.717) is 49.3 Å². The first-order valence-electron chi connectivity index (χ1n) is 13.3. The predicted octanol–water partition coefficient (Wildman–Crippen LogP) is 8.61. The molecule has 2 heterocycles. The average molecular weight is 609 g/mol. The van der Waals surface area contributed by atoms with Gasteiger partial charge in [0.05, 0.1) is 21.1 Å². The van der Waals surface area contributed by atoms with Crippen LogP contribution in [-0.2, 0) is 13.7 Å². The number of carbonyl (C=O) groups is 1. The van der Waals surface area contributed by atoms with Gasteiger partial charge in [-0.25, -0.2) is 4.79 Å². The van der Waals surface area contributed by atoms with Crippen LogP contribution in [-0.4, -0.2) is 26.0 Å². The lowest BCUT2D eigenvalue weighted by atomic mass is 10.0. The van der Waals surface area contributed by atoms with E-state index in [1.165, 1.54) is 0 Å². The Morgan fingerprint density at radius 2 is 1.83 bits per heavy atom. The highest BCUT2D eigenvalue weighted by Crippen LogP contribution is 2.56. The molecule has 41 heavy (non-hydrogen) atoms. The van der Waals surface area contributed by atoms with Gasteiger partial charge in [0.15, 0.2) is 5.69 Å². The Morgan fingerprint density at radius 1 is 1.05 bits per heavy atom. The van der Waals surface area contributed by atoms with Crippen molar-refractivity contribution in [2.24, 2.45) is 7.05 Å². The number of aromatic carboxylic acids is 1. The van der Waals surface area contributed by atoms with Gasteiger partial charge in [0.1, 0.15) is 23.8 Å². The summed E-state index contributed by atoms with van der Waals surface area (Å²) in [6.07, 6.45) is 3.06.